The molecule has 98 heavy (non-hydrogen) atoms. The summed E-state index contributed by atoms with van der Waals surface area (Å²) in [5.74, 6) is -7.74. The zero-order chi connectivity index (χ0) is 72.9. The first-order valence-electron chi connectivity index (χ1n) is 35.0. The van der Waals surface area contributed by atoms with Gasteiger partial charge in [0.2, 0.25) is 70.9 Å². The van der Waals surface area contributed by atoms with Gasteiger partial charge in [-0.15, -0.1) is 0 Å². The van der Waals surface area contributed by atoms with Crippen molar-refractivity contribution in [3.63, 3.8) is 0 Å². The van der Waals surface area contributed by atoms with E-state index in [1.165, 1.54) is 92.6 Å². The lowest BCUT2D eigenvalue weighted by Gasteiger charge is -2.43. The number of nitrogens with zero attached hydrogens (tertiary/aromatic N) is 8. The van der Waals surface area contributed by atoms with Crippen molar-refractivity contribution in [1.82, 2.24) is 60.5 Å². The van der Waals surface area contributed by atoms with Crippen LogP contribution in [0.5, 0.6) is 5.75 Å². The molecule has 4 N–H and O–H groups in total. The number of unbranched alkanes of at least 4 members (excludes halogenated alkanes) is 4. The molecule has 9 atom stereocenters. The molecule has 25 nitrogen and oxygen atoms in total. The number of amides is 12. The van der Waals surface area contributed by atoms with E-state index in [9.17, 15) is 47.9 Å². The van der Waals surface area contributed by atoms with Crippen LogP contribution in [0, 0.1) is 15.4 Å². The Labute approximate surface area is 594 Å². The van der Waals surface area contributed by atoms with E-state index in [1.54, 1.807) is 48.2 Å². The number of ether oxygens (including phenoxy) is 1. The number of halogens is 1. The highest BCUT2D eigenvalue weighted by atomic mass is 127. The molecule has 26 heteroatoms. The highest BCUT2D eigenvalue weighted by Gasteiger charge is 2.46. The molecule has 0 spiro atoms. The molecule has 3 aliphatic rings. The zero-order valence-corrected chi connectivity index (χ0v) is 62.9. The van der Waals surface area contributed by atoms with E-state index in [0.717, 1.165) is 34.2 Å². The van der Waals surface area contributed by atoms with Crippen molar-refractivity contribution in [1.29, 1.82) is 0 Å². The van der Waals surface area contributed by atoms with Crippen LogP contribution in [-0.2, 0) is 70.4 Å². The molecule has 0 aromatic heterocycles. The van der Waals surface area contributed by atoms with Gasteiger partial charge in [-0.05, 0) is 129 Å². The lowest BCUT2D eigenvalue weighted by molar-refractivity contribution is -0.157. The van der Waals surface area contributed by atoms with E-state index < -0.39 is 150 Å². The number of carbonyl (C=O) groups excluding carboxylic acids is 12. The molecule has 0 saturated carbocycles. The number of hydrogen-bond acceptors (Lipinski definition) is 13. The van der Waals surface area contributed by atoms with Crippen molar-refractivity contribution in [2.24, 2.45) is 11.8 Å². The summed E-state index contributed by atoms with van der Waals surface area (Å²) in [5.41, 5.74) is -0.375. The second kappa shape index (κ2) is 38.3. The summed E-state index contributed by atoms with van der Waals surface area (Å²) in [6, 6.07) is 4.45. The van der Waals surface area contributed by atoms with E-state index in [1.807, 2.05) is 46.8 Å². The van der Waals surface area contributed by atoms with Gasteiger partial charge in [-0.3, -0.25) is 57.5 Å². The molecule has 3 fully saturated rings. The maximum absolute atomic E-state index is 15.2. The summed E-state index contributed by atoms with van der Waals surface area (Å²) in [7, 11) is 10.1. The summed E-state index contributed by atoms with van der Waals surface area (Å²) in [4.78, 5) is 188. The van der Waals surface area contributed by atoms with Gasteiger partial charge in [-0.2, -0.15) is 0 Å². The molecule has 0 aliphatic carbocycles. The third kappa shape index (κ3) is 22.1. The second-order valence-corrected chi connectivity index (χ2v) is 29.1. The lowest BCUT2D eigenvalue weighted by Crippen LogP contribution is -2.64. The highest BCUT2D eigenvalue weighted by Crippen LogP contribution is 2.26. The predicted octanol–water partition coefficient (Wildman–Crippen LogP) is 4.93. The monoisotopic (exact) mass is 1480 g/mol. The zero-order valence-electron chi connectivity index (χ0n) is 60.7. The van der Waals surface area contributed by atoms with Gasteiger partial charge in [0.05, 0.1) is 26.6 Å². The molecule has 3 heterocycles. The highest BCUT2D eigenvalue weighted by molar-refractivity contribution is 14.1. The van der Waals surface area contributed by atoms with E-state index in [4.69, 9.17) is 4.74 Å². The number of methoxy groups -OCH3 is 1. The Morgan fingerprint density at radius 2 is 1.27 bits per heavy atom. The Kier molecular flexibility index (Phi) is 31.7. The predicted molar refractivity (Wildman–Crippen MR) is 381 cm³/mol. The Hall–Kier alpha value is -7.39. The normalized spacial score (nSPS) is 24.6. The van der Waals surface area contributed by atoms with Gasteiger partial charge in [-0.25, -0.2) is 0 Å². The van der Waals surface area contributed by atoms with E-state index in [-0.39, 0.29) is 51.0 Å². The average molecular weight is 1480 g/mol. The smallest absolute Gasteiger partial charge is 0.246 e. The topological polar surface area (TPSA) is 288 Å². The van der Waals surface area contributed by atoms with Gasteiger partial charge in [-0.1, -0.05) is 111 Å². The Balaban J connectivity index is 1.63. The minimum absolute atomic E-state index is 0.0219. The third-order valence-electron chi connectivity index (χ3n) is 19.7. The van der Waals surface area contributed by atoms with E-state index >= 15 is 9.59 Å². The van der Waals surface area contributed by atoms with Crippen molar-refractivity contribution in [2.75, 3.05) is 82.1 Å². The van der Waals surface area contributed by atoms with Gasteiger partial charge >= 0.3 is 0 Å². The molecule has 3 saturated heterocycles. The minimum Gasteiger partial charge on any atom is -0.497 e. The molecule has 0 bridgehead atoms. The van der Waals surface area contributed by atoms with Gasteiger partial charge in [0.1, 0.15) is 59.6 Å². The number of piperidine rings is 1. The Bertz CT molecular complexity index is 3110. The number of rotatable bonds is 18. The molecule has 5 rings (SSSR count). The lowest BCUT2D eigenvalue weighted by atomic mass is 9.96. The average Bonchev–Trinajstić information content (AvgIpc) is 0.803. The Morgan fingerprint density at radius 1 is 0.612 bits per heavy atom. The van der Waals surface area contributed by atoms with Crippen LogP contribution in [0.15, 0.2) is 48.5 Å². The van der Waals surface area contributed by atoms with Crippen LogP contribution >= 0.6 is 22.6 Å². The second-order valence-electron chi connectivity index (χ2n) is 27.9. The number of carbonyl (C=O) groups is 12. The summed E-state index contributed by atoms with van der Waals surface area (Å²) in [6.07, 6.45) is 6.86. The first-order valence-corrected chi connectivity index (χ1v) is 36.1. The van der Waals surface area contributed by atoms with E-state index in [2.05, 4.69) is 43.9 Å². The third-order valence-corrected chi connectivity index (χ3v) is 20.4. The molecule has 0 radical (unpaired) electrons. The fraction of sp³-hybridized carbons (Fsp3) is 0.667. The summed E-state index contributed by atoms with van der Waals surface area (Å²) in [5, 5.41) is 11.6. The van der Waals surface area contributed by atoms with Crippen LogP contribution in [0.2, 0.25) is 0 Å². The fourth-order valence-electron chi connectivity index (χ4n) is 12.6. The van der Waals surface area contributed by atoms with E-state index in [0.29, 0.717) is 68.5 Å². The molecule has 1 unspecified atom stereocenters. The maximum atomic E-state index is 15.2. The maximum Gasteiger partial charge on any atom is 0.246 e. The van der Waals surface area contributed by atoms with Crippen LogP contribution in [0.1, 0.15) is 163 Å². The van der Waals surface area contributed by atoms with Crippen LogP contribution in [0.25, 0.3) is 0 Å². The standard InChI is InChI=1S/C72H111IN12O13/c1-16-19-21-23-30-55-64(90)77-62(47(6)18-3)70(96)79(10)45-61(88)85-38-35-56(85)68(94)82(13)57(42-48-31-33-51(98-15)34-32-48)67(93)78(9)44-59(86)74-53(41-49-27-26-28-50(73)40-49)63(89)75-52(29-20-17-2)66(92)83(14)72(7,8)71(97)76-54(39-46(4)5)65(91)81(12)58(43-60(87)80(55)11)69(95)84-36-24-22-25-37-84/h26-28,31-34,40,46-47,52-58,62H,16-25,29-30,35-39,41-45H2,1-15H3,(H,74,86)(H,75,89)(H,76,97)(H,77,90)/t47-,52-,53-,54-,55-,56?,57-,58-,62-/m0/s1. The number of likely N-dealkylation sites (tertiary alicyclic amines) is 1. The largest absolute Gasteiger partial charge is 0.497 e. The van der Waals surface area contributed by atoms with Crippen LogP contribution in [0.4, 0.5) is 0 Å². The quantitative estimate of drug-likeness (QED) is 0.114. The first kappa shape index (κ1) is 81.3. The van der Waals surface area contributed by atoms with Crippen LogP contribution < -0.4 is 26.0 Å². The number of fused-ring (bicyclic) bond motifs is 1. The van der Waals surface area contributed by atoms with Gasteiger partial charge in [0.25, 0.3) is 0 Å². The summed E-state index contributed by atoms with van der Waals surface area (Å²) >= 11 is 2.14. The summed E-state index contributed by atoms with van der Waals surface area (Å²) in [6.45, 7) is 14.2. The molecular weight excluding hydrogens is 1370 g/mol. The fourth-order valence-corrected chi connectivity index (χ4v) is 13.2. The molecule has 2 aromatic rings. The van der Waals surface area contributed by atoms with Gasteiger partial charge < -0.3 is 65.2 Å². The van der Waals surface area contributed by atoms with Crippen molar-refractivity contribution in [2.45, 2.75) is 218 Å². The van der Waals surface area contributed by atoms with Gasteiger partial charge in [0.15, 0.2) is 0 Å². The van der Waals surface area contributed by atoms with Crippen LogP contribution in [0.3, 0.4) is 0 Å². The van der Waals surface area contributed by atoms with Crippen molar-refractivity contribution < 1.29 is 62.3 Å². The first-order chi connectivity index (χ1) is 46.3. The SMILES string of the molecule is CCCCCC[C@H]1C(=O)N[C@@H]([C@@H](C)CC)C(=O)N(C)CC(=O)N2CCC2C(=O)N(C)[C@@H](Cc2ccc(OC)cc2)C(=O)N(C)CC(=O)N[C@@H](Cc2cccc(I)c2)C(=O)N[C@@H](CCCC)C(=O)N(C)C(C)(C)C(=O)N[C@@H](CC(C)C)C(=O)N(C)[C@H](C(=O)N2CCCCC2)CC(=O)N1C. The van der Waals surface area contributed by atoms with Gasteiger partial charge in [0, 0.05) is 78.3 Å². The van der Waals surface area contributed by atoms with Crippen molar-refractivity contribution in [3.8, 4) is 5.75 Å². The Morgan fingerprint density at radius 3 is 1.86 bits per heavy atom. The molecular formula is C72H111IN12O13. The number of hydrogen-bond donors (Lipinski definition) is 4. The molecule has 544 valence electrons. The molecule has 2 aromatic carbocycles. The number of benzene rings is 2. The van der Waals surface area contributed by atoms with Crippen molar-refractivity contribution >= 4 is 93.5 Å². The number of likely N-dealkylation sites (N-methyl/N-ethyl adjacent to an activating group) is 6. The van der Waals surface area contributed by atoms with Crippen LogP contribution in [-0.4, -0.2) is 246 Å². The molecule has 3 aliphatic heterocycles. The number of nitrogens with one attached hydrogen (secondary N) is 4. The van der Waals surface area contributed by atoms with Crippen molar-refractivity contribution in [3.05, 3.63) is 63.2 Å². The minimum atomic E-state index is -1.69. The molecule has 12 amide bonds. The summed E-state index contributed by atoms with van der Waals surface area (Å²) < 4.78 is 6.24.